The second-order valence-corrected chi connectivity index (χ2v) is 24.4. The van der Waals surface area contributed by atoms with Crippen LogP contribution in [-0.2, 0) is 48.1 Å². The van der Waals surface area contributed by atoms with E-state index in [0.29, 0.717) is 36.2 Å². The predicted octanol–water partition coefficient (Wildman–Crippen LogP) is 12.2. The smallest absolute Gasteiger partial charge is 0.429 e. The van der Waals surface area contributed by atoms with Gasteiger partial charge in [0.05, 0.1) is 11.0 Å². The van der Waals surface area contributed by atoms with Crippen molar-refractivity contribution < 1.29 is 43.1 Å². The van der Waals surface area contributed by atoms with E-state index in [1.165, 1.54) is 87.0 Å². The van der Waals surface area contributed by atoms with E-state index < -0.39 is 40.9 Å². The molecule has 4 N–H and O–H groups in total. The first-order chi connectivity index (χ1) is 38.9. The molecule has 0 bridgehead atoms. The molecule has 0 spiro atoms. The minimum absolute atomic E-state index is 0.0551. The molecule has 3 fully saturated rings. The van der Waals surface area contributed by atoms with Crippen molar-refractivity contribution in [1.82, 2.24) is 10.6 Å². The number of nitro benzene ring substituents is 1. The lowest BCUT2D eigenvalue weighted by molar-refractivity contribution is -0.384. The molecule has 15 nitrogen and oxygen atoms in total. The minimum Gasteiger partial charge on any atom is -0.429 e. The Kier molecular flexibility index (Phi) is 20.6. The number of primary amides is 1. The lowest BCUT2D eigenvalue weighted by atomic mass is 9.47. The molecule has 8 rings (SSSR count). The van der Waals surface area contributed by atoms with Gasteiger partial charge in [0, 0.05) is 56.7 Å². The van der Waals surface area contributed by atoms with Crippen LogP contribution >= 0.6 is 0 Å². The van der Waals surface area contributed by atoms with Gasteiger partial charge in [0.25, 0.3) is 11.6 Å². The van der Waals surface area contributed by atoms with E-state index in [1.807, 2.05) is 60.7 Å². The Hall–Kier alpha value is -6.87. The summed E-state index contributed by atoms with van der Waals surface area (Å²) < 4.78 is 16.9. The zero-order valence-corrected chi connectivity index (χ0v) is 48.2. The van der Waals surface area contributed by atoms with Crippen molar-refractivity contribution in [3.63, 3.8) is 0 Å². The van der Waals surface area contributed by atoms with Crippen molar-refractivity contribution in [2.24, 2.45) is 52.1 Å². The summed E-state index contributed by atoms with van der Waals surface area (Å²) in [6.07, 6.45) is 16.3. The maximum Gasteiger partial charge on any atom is 0.514 e. The fraction of sp³-hybridized carbons (Fsp3) is 0.530. The third kappa shape index (κ3) is 15.4. The summed E-state index contributed by atoms with van der Waals surface area (Å²) in [7, 11) is 0. The Morgan fingerprint density at radius 2 is 1.44 bits per heavy atom. The number of ether oxygens (including phenoxy) is 3. The van der Waals surface area contributed by atoms with E-state index in [0.717, 1.165) is 59.5 Å². The number of non-ortho nitro benzene ring substituents is 1. The van der Waals surface area contributed by atoms with Gasteiger partial charge in [-0.3, -0.25) is 34.2 Å². The summed E-state index contributed by atoms with van der Waals surface area (Å²) in [6, 6.07) is 27.3. The molecule has 0 radical (unpaired) electrons. The van der Waals surface area contributed by atoms with Crippen molar-refractivity contribution >= 4 is 41.2 Å². The van der Waals surface area contributed by atoms with E-state index in [1.54, 1.807) is 29.8 Å². The van der Waals surface area contributed by atoms with Crippen molar-refractivity contribution in [1.29, 1.82) is 0 Å². The predicted molar refractivity (Wildman–Crippen MR) is 313 cm³/mol. The first-order valence-corrected chi connectivity index (χ1v) is 29.7. The van der Waals surface area contributed by atoms with Crippen LogP contribution in [0.1, 0.15) is 141 Å². The molecular formula is C66H85N5O10. The molecule has 4 aliphatic rings. The number of amides is 4. The van der Waals surface area contributed by atoms with Gasteiger partial charge in [0.2, 0.25) is 17.7 Å². The van der Waals surface area contributed by atoms with Gasteiger partial charge in [-0.05, 0) is 145 Å². The van der Waals surface area contributed by atoms with Crippen LogP contribution in [0.3, 0.4) is 0 Å². The third-order valence-corrected chi connectivity index (χ3v) is 18.7. The number of anilines is 1. The molecular weight excluding hydrogens is 1020 g/mol. The van der Waals surface area contributed by atoms with Crippen molar-refractivity contribution in [3.05, 3.63) is 148 Å². The summed E-state index contributed by atoms with van der Waals surface area (Å²) in [5, 5.41) is 16.8. The number of nitrogens with zero attached hydrogens (tertiary/aromatic N) is 2. The normalized spacial score (nSPS) is 24.0. The van der Waals surface area contributed by atoms with E-state index in [4.69, 9.17) is 19.9 Å². The molecule has 15 heteroatoms. The largest absolute Gasteiger partial charge is 0.514 e. The first-order valence-electron chi connectivity index (χ1n) is 29.7. The van der Waals surface area contributed by atoms with Gasteiger partial charge in [-0.25, -0.2) is 4.79 Å². The molecule has 3 unspecified atom stereocenters. The highest BCUT2D eigenvalue weighted by molar-refractivity contribution is 6.04. The molecule has 4 aromatic carbocycles. The van der Waals surface area contributed by atoms with Crippen LogP contribution < -0.4 is 26.0 Å². The number of nitro groups is 1. The number of rotatable bonds is 26. The summed E-state index contributed by atoms with van der Waals surface area (Å²) >= 11 is 0. The van der Waals surface area contributed by atoms with Crippen molar-refractivity contribution in [2.45, 2.75) is 162 Å². The second kappa shape index (κ2) is 27.7. The summed E-state index contributed by atoms with van der Waals surface area (Å²) in [6.45, 7) is 13.2. The van der Waals surface area contributed by atoms with Gasteiger partial charge >= 0.3 is 6.16 Å². The number of allylic oxidation sites excluding steroid dienone is 1. The highest BCUT2D eigenvalue weighted by Gasteiger charge is 2.59. The number of hydrogen-bond donors (Lipinski definition) is 3. The third-order valence-electron chi connectivity index (χ3n) is 18.7. The summed E-state index contributed by atoms with van der Waals surface area (Å²) in [5.41, 5.74) is 10.6. The molecule has 0 saturated heterocycles. The number of carbonyl (C=O) groups is 5. The van der Waals surface area contributed by atoms with Gasteiger partial charge < -0.3 is 30.6 Å². The Labute approximate surface area is 478 Å². The number of hydrogen-bond acceptors (Lipinski definition) is 10. The topological polar surface area (TPSA) is 210 Å². The Morgan fingerprint density at radius 3 is 2.11 bits per heavy atom. The standard InChI is InChI=1S/C66H85N5O10/c1-44(2)14-12-15-45(3)55-30-31-56-54-29-22-49-42-53(34-36-65(49,4)57(54)35-37-66(55,56)5)79-39-13-38-68-60(72)32-33-61(73)69-58(40-46-16-8-6-9-17-46)63(75)70(59(62(67)74)41-47-18-10-7-11-19-47)50-23-20-48(21-24-50)43-80-64(76)81-52-27-25-51(26-28-52)71(77)78/h6-11,16-28,44-45,53-59H,12-15,29-43H2,1-5H3,(H2,67,74)(H,68,72)(H,69,73)/t45-,53+,54?,55-,56?,57?,58+,59+,65+,66-/m1/s1. The molecule has 10 atom stereocenters. The quantitative estimate of drug-likeness (QED) is 0.0135. The van der Waals surface area contributed by atoms with Gasteiger partial charge in [-0.1, -0.05) is 138 Å². The molecule has 81 heavy (non-hydrogen) atoms. The Morgan fingerprint density at radius 1 is 0.765 bits per heavy atom. The number of carbonyl (C=O) groups excluding carboxylic acids is 5. The van der Waals surface area contributed by atoms with Crippen LogP contribution in [0.4, 0.5) is 16.2 Å². The van der Waals surface area contributed by atoms with Gasteiger partial charge in [0.15, 0.2) is 0 Å². The number of nitrogens with one attached hydrogen (secondary N) is 2. The molecule has 4 aliphatic carbocycles. The molecule has 434 valence electrons. The SMILES string of the molecule is CC(C)CCC[C@@H](C)[C@H]1CCC2C3CC=C4C[C@@H](OCCCNC(=O)CCC(=O)N[C@@H](Cc5ccccc5)C(=O)N(c5ccc(COC(=O)Oc6ccc([N+](=O)[O-])cc6)cc5)[C@@H](Cc5ccccc5)C(N)=O)CC[C@]4(C)C3CC[C@@]21C. The van der Waals surface area contributed by atoms with Crippen molar-refractivity contribution in [2.75, 3.05) is 18.1 Å². The van der Waals surface area contributed by atoms with E-state index in [-0.39, 0.29) is 61.2 Å². The zero-order chi connectivity index (χ0) is 57.7. The number of benzene rings is 4. The molecule has 3 saturated carbocycles. The fourth-order valence-corrected chi connectivity index (χ4v) is 14.4. The first kappa shape index (κ1) is 60.2. The molecule has 4 aromatic rings. The van der Waals surface area contributed by atoms with E-state index in [2.05, 4.69) is 51.3 Å². The van der Waals surface area contributed by atoms with Crippen molar-refractivity contribution in [3.8, 4) is 5.75 Å². The average molecular weight is 1110 g/mol. The summed E-state index contributed by atoms with van der Waals surface area (Å²) in [5.74, 6) is 2.71. The van der Waals surface area contributed by atoms with Crippen LogP contribution in [0.25, 0.3) is 0 Å². The Balaban J connectivity index is 0.832. The molecule has 0 aromatic heterocycles. The lowest BCUT2D eigenvalue weighted by Gasteiger charge is -2.58. The van der Waals surface area contributed by atoms with Crippen LogP contribution in [0.2, 0.25) is 0 Å². The number of fused-ring (bicyclic) bond motifs is 5. The monoisotopic (exact) mass is 1110 g/mol. The highest BCUT2D eigenvalue weighted by atomic mass is 16.7. The Bertz CT molecular complexity index is 2810. The van der Waals surface area contributed by atoms with Crippen LogP contribution in [0.15, 0.2) is 121 Å². The van der Waals surface area contributed by atoms with Crippen LogP contribution in [0.5, 0.6) is 5.75 Å². The number of nitrogens with two attached hydrogens (primary N) is 1. The molecule has 0 aliphatic heterocycles. The fourth-order valence-electron chi connectivity index (χ4n) is 14.4. The van der Waals surface area contributed by atoms with Crippen LogP contribution in [0, 0.1) is 56.5 Å². The van der Waals surface area contributed by atoms with Gasteiger partial charge in [-0.15, -0.1) is 0 Å². The molecule has 0 heterocycles. The van der Waals surface area contributed by atoms with E-state index >= 15 is 4.79 Å². The zero-order valence-electron chi connectivity index (χ0n) is 48.2. The van der Waals surface area contributed by atoms with Gasteiger partial charge in [0.1, 0.15) is 24.4 Å². The van der Waals surface area contributed by atoms with Gasteiger partial charge in [-0.2, -0.15) is 0 Å². The van der Waals surface area contributed by atoms with E-state index in [9.17, 15) is 29.3 Å². The summed E-state index contributed by atoms with van der Waals surface area (Å²) in [4.78, 5) is 79.7. The second-order valence-electron chi connectivity index (χ2n) is 24.4. The maximum absolute atomic E-state index is 15.0. The average Bonchev–Trinajstić information content (AvgIpc) is 4.07. The minimum atomic E-state index is -1.19. The molecule has 4 amide bonds. The maximum atomic E-state index is 15.0. The highest BCUT2D eigenvalue weighted by Crippen LogP contribution is 2.67. The lowest BCUT2D eigenvalue weighted by Crippen LogP contribution is -2.57. The van der Waals surface area contributed by atoms with Crippen LogP contribution in [-0.4, -0.2) is 66.0 Å².